The third-order valence-corrected chi connectivity index (χ3v) is 3.69. The second kappa shape index (κ2) is 10.9. The Kier molecular flexibility index (Phi) is 10.6. The number of benzene rings is 1. The van der Waals surface area contributed by atoms with E-state index in [1.807, 2.05) is 6.07 Å². The van der Waals surface area contributed by atoms with Crippen molar-refractivity contribution in [1.82, 2.24) is 4.90 Å². The number of aliphatic imine (C=N–C) groups is 1. The number of hydrogen-bond donors (Lipinski definition) is 2. The second-order valence-electron chi connectivity index (χ2n) is 5.67. The zero-order chi connectivity index (χ0) is 16.7. The molecule has 0 aromatic heterocycles. The van der Waals surface area contributed by atoms with Crippen LogP contribution in [0, 0.1) is 0 Å². The van der Waals surface area contributed by atoms with Gasteiger partial charge in [0.2, 0.25) is 0 Å². The first-order chi connectivity index (χ1) is 10.3. The summed E-state index contributed by atoms with van der Waals surface area (Å²) in [7, 11) is 1.58. The van der Waals surface area contributed by atoms with Crippen molar-refractivity contribution in [3.8, 4) is 5.75 Å². The van der Waals surface area contributed by atoms with E-state index in [2.05, 4.69) is 42.9 Å². The van der Waals surface area contributed by atoms with Gasteiger partial charge in [0.15, 0.2) is 5.96 Å². The fourth-order valence-electron chi connectivity index (χ4n) is 2.33. The molecule has 0 fully saturated rings. The number of guanidine groups is 1. The predicted octanol–water partition coefficient (Wildman–Crippen LogP) is 3.81. The molecule has 0 spiro atoms. The van der Waals surface area contributed by atoms with Crippen LogP contribution in [0.2, 0.25) is 5.02 Å². The van der Waals surface area contributed by atoms with Gasteiger partial charge >= 0.3 is 0 Å². The van der Waals surface area contributed by atoms with E-state index in [1.54, 1.807) is 19.2 Å². The van der Waals surface area contributed by atoms with Gasteiger partial charge in [-0.15, -0.1) is 24.0 Å². The van der Waals surface area contributed by atoms with Crippen molar-refractivity contribution >= 4 is 47.2 Å². The summed E-state index contributed by atoms with van der Waals surface area (Å²) in [5.74, 6) is 1.01. The summed E-state index contributed by atoms with van der Waals surface area (Å²) >= 11 is 6.08. The number of rotatable bonds is 7. The van der Waals surface area contributed by atoms with E-state index >= 15 is 0 Å². The third kappa shape index (κ3) is 7.58. The van der Waals surface area contributed by atoms with Crippen LogP contribution < -0.4 is 15.8 Å². The summed E-state index contributed by atoms with van der Waals surface area (Å²) in [5, 5.41) is 3.57. The van der Waals surface area contributed by atoms with Crippen molar-refractivity contribution < 1.29 is 4.74 Å². The van der Waals surface area contributed by atoms with Crippen LogP contribution in [0.4, 0.5) is 5.69 Å². The smallest absolute Gasteiger partial charge is 0.193 e. The van der Waals surface area contributed by atoms with Gasteiger partial charge in [-0.05, 0) is 45.9 Å². The Morgan fingerprint density at radius 2 is 1.91 bits per heavy atom. The standard InChI is InChI=1S/C16H27ClN4O.HI/c1-11(2)21(12(3)4)9-8-19-16(18)20-13-6-7-15(22-5)14(17)10-13;/h6-7,10-12H,8-9H2,1-5H3,(H3,18,19,20);1H. The van der Waals surface area contributed by atoms with E-state index in [-0.39, 0.29) is 24.0 Å². The largest absolute Gasteiger partial charge is 0.495 e. The molecule has 0 saturated carbocycles. The Bertz CT molecular complexity index is 501. The normalized spacial score (nSPS) is 11.8. The van der Waals surface area contributed by atoms with Gasteiger partial charge in [-0.1, -0.05) is 11.6 Å². The van der Waals surface area contributed by atoms with E-state index in [1.165, 1.54) is 0 Å². The van der Waals surface area contributed by atoms with Gasteiger partial charge in [-0.3, -0.25) is 9.89 Å². The molecule has 0 radical (unpaired) electrons. The number of anilines is 1. The van der Waals surface area contributed by atoms with E-state index in [9.17, 15) is 0 Å². The fraction of sp³-hybridized carbons (Fsp3) is 0.562. The Labute approximate surface area is 161 Å². The first-order valence-corrected chi connectivity index (χ1v) is 7.89. The first-order valence-electron chi connectivity index (χ1n) is 7.51. The van der Waals surface area contributed by atoms with Crippen LogP contribution in [0.15, 0.2) is 23.2 Å². The summed E-state index contributed by atoms with van der Waals surface area (Å²) in [4.78, 5) is 6.74. The molecule has 1 aromatic rings. The number of nitrogens with one attached hydrogen (secondary N) is 1. The monoisotopic (exact) mass is 454 g/mol. The molecule has 0 unspecified atom stereocenters. The molecule has 0 aliphatic heterocycles. The maximum atomic E-state index is 6.08. The van der Waals surface area contributed by atoms with Crippen molar-refractivity contribution in [2.75, 3.05) is 25.5 Å². The number of nitrogens with zero attached hydrogens (tertiary/aromatic N) is 2. The number of hydrogen-bond acceptors (Lipinski definition) is 3. The lowest BCUT2D eigenvalue weighted by Gasteiger charge is -2.29. The molecule has 132 valence electrons. The van der Waals surface area contributed by atoms with Gasteiger partial charge in [-0.2, -0.15) is 0 Å². The van der Waals surface area contributed by atoms with Crippen LogP contribution >= 0.6 is 35.6 Å². The van der Waals surface area contributed by atoms with Gasteiger partial charge in [-0.25, -0.2) is 0 Å². The van der Waals surface area contributed by atoms with E-state index in [4.69, 9.17) is 22.1 Å². The average molecular weight is 455 g/mol. The number of halogens is 2. The van der Waals surface area contributed by atoms with Crippen LogP contribution in [-0.4, -0.2) is 43.1 Å². The number of ether oxygens (including phenoxy) is 1. The molecular formula is C16H28ClIN4O. The molecule has 0 amide bonds. The number of methoxy groups -OCH3 is 1. The minimum Gasteiger partial charge on any atom is -0.495 e. The SMILES string of the molecule is COc1ccc(NC(N)=NCCN(C(C)C)C(C)C)cc1Cl.I. The third-order valence-electron chi connectivity index (χ3n) is 3.39. The lowest BCUT2D eigenvalue weighted by molar-refractivity contribution is 0.181. The summed E-state index contributed by atoms with van der Waals surface area (Å²) in [6.07, 6.45) is 0. The van der Waals surface area contributed by atoms with Gasteiger partial charge in [0.05, 0.1) is 18.7 Å². The highest BCUT2D eigenvalue weighted by Crippen LogP contribution is 2.26. The molecule has 23 heavy (non-hydrogen) atoms. The topological polar surface area (TPSA) is 62.9 Å². The second-order valence-corrected chi connectivity index (χ2v) is 6.07. The van der Waals surface area contributed by atoms with Gasteiger partial charge in [0.25, 0.3) is 0 Å². The summed E-state index contributed by atoms with van der Waals surface area (Å²) in [6, 6.07) is 6.38. The minimum atomic E-state index is 0. The zero-order valence-electron chi connectivity index (χ0n) is 14.5. The number of nitrogens with two attached hydrogens (primary N) is 1. The van der Waals surface area contributed by atoms with Crippen molar-refractivity contribution in [2.24, 2.45) is 10.7 Å². The van der Waals surface area contributed by atoms with Crippen LogP contribution in [-0.2, 0) is 0 Å². The minimum absolute atomic E-state index is 0. The zero-order valence-corrected chi connectivity index (χ0v) is 17.6. The van der Waals surface area contributed by atoms with Gasteiger partial charge in [0.1, 0.15) is 5.75 Å². The maximum Gasteiger partial charge on any atom is 0.193 e. The van der Waals surface area contributed by atoms with Crippen molar-refractivity contribution in [3.63, 3.8) is 0 Å². The quantitative estimate of drug-likeness (QED) is 0.374. The van der Waals surface area contributed by atoms with Crippen LogP contribution in [0.3, 0.4) is 0 Å². The summed E-state index contributed by atoms with van der Waals surface area (Å²) in [6.45, 7) is 10.3. The molecule has 0 heterocycles. The lowest BCUT2D eigenvalue weighted by atomic mass is 10.2. The molecule has 0 atom stereocenters. The van der Waals surface area contributed by atoms with E-state index in [0.29, 0.717) is 35.4 Å². The highest BCUT2D eigenvalue weighted by Gasteiger charge is 2.12. The molecule has 0 aliphatic rings. The van der Waals surface area contributed by atoms with Gasteiger partial charge < -0.3 is 15.8 Å². The molecule has 0 aliphatic carbocycles. The Balaban J connectivity index is 0.00000484. The molecular weight excluding hydrogens is 427 g/mol. The maximum absolute atomic E-state index is 6.08. The van der Waals surface area contributed by atoms with Crippen LogP contribution in [0.1, 0.15) is 27.7 Å². The summed E-state index contributed by atoms with van der Waals surface area (Å²) in [5.41, 5.74) is 6.70. The van der Waals surface area contributed by atoms with Gasteiger partial charge in [0, 0.05) is 24.3 Å². The fourth-order valence-corrected chi connectivity index (χ4v) is 2.59. The molecule has 0 bridgehead atoms. The molecule has 5 nitrogen and oxygen atoms in total. The van der Waals surface area contributed by atoms with E-state index < -0.39 is 0 Å². The molecule has 1 rings (SSSR count). The highest BCUT2D eigenvalue weighted by molar-refractivity contribution is 14.0. The van der Waals surface area contributed by atoms with Crippen molar-refractivity contribution in [1.29, 1.82) is 0 Å². The Morgan fingerprint density at radius 1 is 1.30 bits per heavy atom. The molecule has 3 N–H and O–H groups in total. The Morgan fingerprint density at radius 3 is 2.39 bits per heavy atom. The molecule has 7 heteroatoms. The van der Waals surface area contributed by atoms with Crippen LogP contribution in [0.25, 0.3) is 0 Å². The molecule has 0 saturated heterocycles. The van der Waals surface area contributed by atoms with Crippen molar-refractivity contribution in [3.05, 3.63) is 23.2 Å². The van der Waals surface area contributed by atoms with Crippen molar-refractivity contribution in [2.45, 2.75) is 39.8 Å². The lowest BCUT2D eigenvalue weighted by Crippen LogP contribution is -2.39. The molecule has 1 aromatic carbocycles. The van der Waals surface area contributed by atoms with E-state index in [0.717, 1.165) is 12.2 Å². The van der Waals surface area contributed by atoms with Crippen LogP contribution in [0.5, 0.6) is 5.75 Å². The highest BCUT2D eigenvalue weighted by atomic mass is 127. The first kappa shape index (κ1) is 22.3. The Hall–Kier alpha value is -0.730. The predicted molar refractivity (Wildman–Crippen MR) is 111 cm³/mol. The summed E-state index contributed by atoms with van der Waals surface area (Å²) < 4.78 is 5.11. The average Bonchev–Trinajstić information content (AvgIpc) is 2.43.